The zero-order valence-corrected chi connectivity index (χ0v) is 11.0. The Hall–Kier alpha value is 0.0500. The van der Waals surface area contributed by atoms with E-state index in [4.69, 9.17) is 28.9 Å². The molecule has 0 saturated heterocycles. The summed E-state index contributed by atoms with van der Waals surface area (Å²) in [7, 11) is 0. The van der Waals surface area contributed by atoms with E-state index in [1.165, 1.54) is 0 Å². The molecule has 0 aliphatic rings. The lowest BCUT2D eigenvalue weighted by Gasteiger charge is -2.11. The van der Waals surface area contributed by atoms with Crippen LogP contribution in [0.2, 0.25) is 10.0 Å². The largest absolute Gasteiger partial charge is 0.324 e. The Balaban J connectivity index is 0.00000196. The zero-order valence-electron chi connectivity index (χ0n) is 8.67. The van der Waals surface area contributed by atoms with Crippen LogP contribution < -0.4 is 5.73 Å². The number of benzene rings is 1. The first-order valence-electron chi connectivity index (χ1n) is 4.85. The van der Waals surface area contributed by atoms with E-state index in [1.54, 1.807) is 6.07 Å². The van der Waals surface area contributed by atoms with E-state index in [0.29, 0.717) is 10.0 Å². The van der Waals surface area contributed by atoms with Crippen LogP contribution in [-0.4, -0.2) is 0 Å². The molecule has 1 atom stereocenters. The molecule has 1 nitrogen and oxygen atoms in total. The summed E-state index contributed by atoms with van der Waals surface area (Å²) >= 11 is 11.7. The molecule has 86 valence electrons. The lowest BCUT2D eigenvalue weighted by Crippen LogP contribution is -2.09. The molecule has 1 rings (SSSR count). The monoisotopic (exact) mass is 267 g/mol. The molecule has 0 saturated carbocycles. The van der Waals surface area contributed by atoms with Gasteiger partial charge in [0.1, 0.15) is 0 Å². The quantitative estimate of drug-likeness (QED) is 0.848. The van der Waals surface area contributed by atoms with Crippen molar-refractivity contribution >= 4 is 35.6 Å². The summed E-state index contributed by atoms with van der Waals surface area (Å²) in [5.41, 5.74) is 7.06. The summed E-state index contributed by atoms with van der Waals surface area (Å²) in [6, 6.07) is 5.66. The van der Waals surface area contributed by atoms with Gasteiger partial charge in [-0.1, -0.05) is 49.0 Å². The highest BCUT2D eigenvalue weighted by molar-refractivity contribution is 6.42. The Bertz CT molecular complexity index is 302. The van der Waals surface area contributed by atoms with Crippen molar-refractivity contribution in [2.45, 2.75) is 32.2 Å². The second kappa shape index (κ2) is 7.34. The van der Waals surface area contributed by atoms with Gasteiger partial charge in [-0.15, -0.1) is 12.4 Å². The molecule has 1 aromatic carbocycles. The highest BCUT2D eigenvalue weighted by Gasteiger charge is 2.07. The van der Waals surface area contributed by atoms with Crippen molar-refractivity contribution in [3.63, 3.8) is 0 Å². The van der Waals surface area contributed by atoms with E-state index in [-0.39, 0.29) is 18.4 Å². The minimum absolute atomic E-state index is 0. The first-order valence-corrected chi connectivity index (χ1v) is 5.61. The van der Waals surface area contributed by atoms with Gasteiger partial charge in [-0.3, -0.25) is 0 Å². The SMILES string of the molecule is CCCC[C@H](N)c1ccc(Cl)c(Cl)c1.Cl. The van der Waals surface area contributed by atoms with Crippen molar-refractivity contribution in [1.82, 2.24) is 0 Å². The lowest BCUT2D eigenvalue weighted by molar-refractivity contribution is 0.603. The molecular weight excluding hydrogens is 252 g/mol. The molecule has 0 aliphatic carbocycles. The van der Waals surface area contributed by atoms with Crippen molar-refractivity contribution in [2.24, 2.45) is 5.73 Å². The van der Waals surface area contributed by atoms with Crippen LogP contribution in [0.15, 0.2) is 18.2 Å². The number of unbranched alkanes of at least 4 members (excludes halogenated alkanes) is 1. The molecule has 4 heteroatoms. The summed E-state index contributed by atoms with van der Waals surface area (Å²) < 4.78 is 0. The van der Waals surface area contributed by atoms with Gasteiger partial charge < -0.3 is 5.73 Å². The van der Waals surface area contributed by atoms with Crippen LogP contribution in [0.3, 0.4) is 0 Å². The third kappa shape index (κ3) is 4.60. The molecular formula is C11H16Cl3N. The minimum Gasteiger partial charge on any atom is -0.324 e. The number of nitrogens with two attached hydrogens (primary N) is 1. The zero-order chi connectivity index (χ0) is 10.6. The molecule has 0 spiro atoms. The Kier molecular flexibility index (Phi) is 7.37. The summed E-state index contributed by atoms with van der Waals surface area (Å²) in [5, 5.41) is 1.16. The molecule has 2 N–H and O–H groups in total. The van der Waals surface area contributed by atoms with Gasteiger partial charge in [-0.2, -0.15) is 0 Å². The first-order chi connectivity index (χ1) is 6.65. The van der Waals surface area contributed by atoms with Gasteiger partial charge >= 0.3 is 0 Å². The van der Waals surface area contributed by atoms with Gasteiger partial charge in [-0.05, 0) is 24.1 Å². The van der Waals surface area contributed by atoms with Crippen molar-refractivity contribution < 1.29 is 0 Å². The van der Waals surface area contributed by atoms with Crippen LogP contribution in [0, 0.1) is 0 Å². The molecule has 0 heterocycles. The predicted octanol–water partition coefficient (Wildman–Crippen LogP) is 4.61. The van der Waals surface area contributed by atoms with Gasteiger partial charge in [-0.25, -0.2) is 0 Å². The molecule has 0 aromatic heterocycles. The third-order valence-electron chi connectivity index (χ3n) is 2.24. The second-order valence-corrected chi connectivity index (χ2v) is 4.24. The number of hydrogen-bond donors (Lipinski definition) is 1. The highest BCUT2D eigenvalue weighted by Crippen LogP contribution is 2.26. The van der Waals surface area contributed by atoms with Gasteiger partial charge in [0.25, 0.3) is 0 Å². The first kappa shape index (κ1) is 15.0. The van der Waals surface area contributed by atoms with E-state index >= 15 is 0 Å². The molecule has 1 aromatic rings. The third-order valence-corrected chi connectivity index (χ3v) is 2.98. The fraction of sp³-hybridized carbons (Fsp3) is 0.455. The molecule has 0 aliphatic heterocycles. The smallest absolute Gasteiger partial charge is 0.0595 e. The molecule has 0 bridgehead atoms. The Morgan fingerprint density at radius 3 is 2.47 bits per heavy atom. The molecule has 0 amide bonds. The maximum absolute atomic E-state index is 6.00. The molecule has 0 unspecified atom stereocenters. The van der Waals surface area contributed by atoms with Gasteiger partial charge in [0.2, 0.25) is 0 Å². The maximum Gasteiger partial charge on any atom is 0.0595 e. The van der Waals surface area contributed by atoms with Crippen molar-refractivity contribution in [1.29, 1.82) is 0 Å². The van der Waals surface area contributed by atoms with E-state index in [2.05, 4.69) is 6.92 Å². The topological polar surface area (TPSA) is 26.0 Å². The maximum atomic E-state index is 6.00. The van der Waals surface area contributed by atoms with Crippen molar-refractivity contribution in [2.75, 3.05) is 0 Å². The van der Waals surface area contributed by atoms with Crippen LogP contribution in [0.25, 0.3) is 0 Å². The Morgan fingerprint density at radius 1 is 1.27 bits per heavy atom. The number of hydrogen-bond acceptors (Lipinski definition) is 1. The molecule has 0 radical (unpaired) electrons. The average Bonchev–Trinajstić information content (AvgIpc) is 2.18. The van der Waals surface area contributed by atoms with Gasteiger partial charge in [0, 0.05) is 6.04 Å². The number of rotatable bonds is 4. The second-order valence-electron chi connectivity index (χ2n) is 3.42. The van der Waals surface area contributed by atoms with Crippen molar-refractivity contribution in [3.8, 4) is 0 Å². The highest BCUT2D eigenvalue weighted by atomic mass is 35.5. The van der Waals surface area contributed by atoms with Crippen LogP contribution in [0.5, 0.6) is 0 Å². The number of halogens is 3. The summed E-state index contributed by atoms with van der Waals surface area (Å²) in [5.74, 6) is 0. The normalized spacial score (nSPS) is 12.0. The average molecular weight is 269 g/mol. The van der Waals surface area contributed by atoms with E-state index < -0.39 is 0 Å². The Morgan fingerprint density at radius 2 is 1.93 bits per heavy atom. The van der Waals surface area contributed by atoms with Gasteiger partial charge in [0.15, 0.2) is 0 Å². The predicted molar refractivity (Wildman–Crippen MR) is 70.2 cm³/mol. The fourth-order valence-electron chi connectivity index (χ4n) is 1.33. The lowest BCUT2D eigenvalue weighted by atomic mass is 10.0. The standard InChI is InChI=1S/C11H15Cl2N.ClH/c1-2-3-4-11(14)8-5-6-9(12)10(13)7-8;/h5-7,11H,2-4,14H2,1H3;1H/t11-;/m0./s1. The minimum atomic E-state index is 0. The van der Waals surface area contributed by atoms with Crippen LogP contribution in [-0.2, 0) is 0 Å². The molecule has 0 fully saturated rings. The van der Waals surface area contributed by atoms with E-state index in [9.17, 15) is 0 Å². The summed E-state index contributed by atoms with van der Waals surface area (Å²) in [6.45, 7) is 2.15. The van der Waals surface area contributed by atoms with Crippen LogP contribution in [0.4, 0.5) is 0 Å². The van der Waals surface area contributed by atoms with E-state index in [1.807, 2.05) is 12.1 Å². The summed E-state index contributed by atoms with van der Waals surface area (Å²) in [6.07, 6.45) is 3.30. The summed E-state index contributed by atoms with van der Waals surface area (Å²) in [4.78, 5) is 0. The molecule has 15 heavy (non-hydrogen) atoms. The fourth-order valence-corrected chi connectivity index (χ4v) is 1.64. The van der Waals surface area contributed by atoms with Gasteiger partial charge in [0.05, 0.1) is 10.0 Å². The Labute approximate surface area is 107 Å². The van der Waals surface area contributed by atoms with Crippen LogP contribution in [0.1, 0.15) is 37.8 Å². The van der Waals surface area contributed by atoms with Crippen molar-refractivity contribution in [3.05, 3.63) is 33.8 Å². The van der Waals surface area contributed by atoms with E-state index in [0.717, 1.165) is 24.8 Å². The van der Waals surface area contributed by atoms with Crippen LogP contribution >= 0.6 is 35.6 Å².